The molecule has 2 N–H and O–H groups in total. The number of hydrogen-bond donors (Lipinski definition) is 2. The predicted molar refractivity (Wildman–Crippen MR) is 80.6 cm³/mol. The van der Waals surface area contributed by atoms with Gasteiger partial charge in [0.05, 0.1) is 0 Å². The van der Waals surface area contributed by atoms with Crippen molar-refractivity contribution in [2.75, 3.05) is 19.7 Å². The Labute approximate surface area is 122 Å². The molecule has 116 valence electrons. The number of aliphatic hydroxyl groups excluding tert-OH is 1. The number of rotatable bonds is 5. The highest BCUT2D eigenvalue weighted by Crippen LogP contribution is 2.28. The van der Waals surface area contributed by atoms with E-state index in [0.29, 0.717) is 6.54 Å². The number of amides is 2. The van der Waals surface area contributed by atoms with Gasteiger partial charge in [-0.25, -0.2) is 4.79 Å². The van der Waals surface area contributed by atoms with Crippen LogP contribution in [0.15, 0.2) is 0 Å². The average molecular weight is 282 g/mol. The molecular formula is C16H30N2O2. The van der Waals surface area contributed by atoms with E-state index in [4.69, 9.17) is 0 Å². The minimum atomic E-state index is 0.0575. The van der Waals surface area contributed by atoms with Gasteiger partial charge in [0, 0.05) is 25.7 Å². The van der Waals surface area contributed by atoms with Crippen LogP contribution in [0.1, 0.15) is 58.3 Å². The second-order valence-corrected chi connectivity index (χ2v) is 6.72. The first kappa shape index (κ1) is 15.6. The molecule has 0 spiro atoms. The largest absolute Gasteiger partial charge is 0.396 e. The van der Waals surface area contributed by atoms with Crippen molar-refractivity contribution in [1.29, 1.82) is 0 Å². The Morgan fingerprint density at radius 1 is 1.25 bits per heavy atom. The summed E-state index contributed by atoms with van der Waals surface area (Å²) in [5.74, 6) is 1.16. The molecule has 2 amide bonds. The van der Waals surface area contributed by atoms with Crippen molar-refractivity contribution >= 4 is 6.03 Å². The van der Waals surface area contributed by atoms with Crippen LogP contribution < -0.4 is 5.32 Å². The zero-order chi connectivity index (χ0) is 14.4. The summed E-state index contributed by atoms with van der Waals surface area (Å²) in [5, 5.41) is 12.3. The van der Waals surface area contributed by atoms with E-state index >= 15 is 0 Å². The van der Waals surface area contributed by atoms with Gasteiger partial charge in [-0.2, -0.15) is 0 Å². The molecule has 2 atom stereocenters. The summed E-state index contributed by atoms with van der Waals surface area (Å²) >= 11 is 0. The lowest BCUT2D eigenvalue weighted by Gasteiger charge is -2.32. The first-order chi connectivity index (χ1) is 9.69. The van der Waals surface area contributed by atoms with Crippen molar-refractivity contribution in [3.63, 3.8) is 0 Å². The fraction of sp³-hybridized carbons (Fsp3) is 0.938. The molecule has 2 unspecified atom stereocenters. The molecule has 0 radical (unpaired) electrons. The molecule has 4 heteroatoms. The third-order valence-corrected chi connectivity index (χ3v) is 4.92. The van der Waals surface area contributed by atoms with Crippen LogP contribution in [0, 0.1) is 11.8 Å². The van der Waals surface area contributed by atoms with E-state index in [1.165, 1.54) is 32.1 Å². The van der Waals surface area contributed by atoms with Gasteiger partial charge in [0.1, 0.15) is 0 Å². The van der Waals surface area contributed by atoms with Crippen LogP contribution >= 0.6 is 0 Å². The number of nitrogens with one attached hydrogen (secondary N) is 1. The second kappa shape index (κ2) is 7.87. The fourth-order valence-corrected chi connectivity index (χ4v) is 3.56. The van der Waals surface area contributed by atoms with Gasteiger partial charge in [0.15, 0.2) is 0 Å². The summed E-state index contributed by atoms with van der Waals surface area (Å²) in [6.07, 6.45) is 9.93. The maximum Gasteiger partial charge on any atom is 0.317 e. The van der Waals surface area contributed by atoms with Gasteiger partial charge in [0.25, 0.3) is 0 Å². The molecule has 4 nitrogen and oxygen atoms in total. The zero-order valence-electron chi connectivity index (χ0n) is 12.8. The molecule has 2 aliphatic rings. The molecule has 2 rings (SSSR count). The number of nitrogens with zero attached hydrogens (tertiary/aromatic N) is 1. The van der Waals surface area contributed by atoms with Crippen LogP contribution in [-0.2, 0) is 0 Å². The van der Waals surface area contributed by atoms with E-state index in [-0.39, 0.29) is 24.6 Å². The number of urea groups is 1. The highest BCUT2D eigenvalue weighted by molar-refractivity contribution is 5.74. The molecule has 0 aromatic rings. The maximum atomic E-state index is 12.2. The average Bonchev–Trinajstić information content (AvgIpc) is 2.98. The lowest BCUT2D eigenvalue weighted by atomic mass is 9.98. The normalized spacial score (nSPS) is 25.7. The van der Waals surface area contributed by atoms with Gasteiger partial charge >= 0.3 is 6.03 Å². The number of hydrogen-bond acceptors (Lipinski definition) is 2. The summed E-state index contributed by atoms with van der Waals surface area (Å²) in [7, 11) is 0. The zero-order valence-corrected chi connectivity index (χ0v) is 12.8. The molecule has 0 bridgehead atoms. The van der Waals surface area contributed by atoms with Crippen molar-refractivity contribution in [3.05, 3.63) is 0 Å². The number of carbonyl (C=O) groups is 1. The van der Waals surface area contributed by atoms with Crippen molar-refractivity contribution in [2.45, 2.75) is 64.3 Å². The van der Waals surface area contributed by atoms with E-state index in [0.717, 1.165) is 31.7 Å². The minimum absolute atomic E-state index is 0.0575. The number of carbonyl (C=O) groups excluding carboxylic acids is 1. The molecule has 1 saturated carbocycles. The quantitative estimate of drug-likeness (QED) is 0.814. The van der Waals surface area contributed by atoms with Gasteiger partial charge in [0.2, 0.25) is 0 Å². The third-order valence-electron chi connectivity index (χ3n) is 4.92. The fourth-order valence-electron chi connectivity index (χ4n) is 3.56. The maximum absolute atomic E-state index is 12.2. The van der Waals surface area contributed by atoms with Gasteiger partial charge in [-0.05, 0) is 44.4 Å². The highest BCUT2D eigenvalue weighted by Gasteiger charge is 2.24. The predicted octanol–water partition coefficient (Wildman–Crippen LogP) is 2.76. The molecule has 0 aromatic heterocycles. The molecule has 1 aliphatic heterocycles. The summed E-state index contributed by atoms with van der Waals surface area (Å²) in [6.45, 7) is 3.84. The summed E-state index contributed by atoms with van der Waals surface area (Å²) < 4.78 is 0. The summed E-state index contributed by atoms with van der Waals surface area (Å²) in [4.78, 5) is 14.1. The van der Waals surface area contributed by atoms with Crippen molar-refractivity contribution in [3.8, 4) is 0 Å². The van der Waals surface area contributed by atoms with Crippen LogP contribution in [0.25, 0.3) is 0 Å². The lowest BCUT2D eigenvalue weighted by molar-refractivity contribution is 0.128. The van der Waals surface area contributed by atoms with Crippen LogP contribution in [0.5, 0.6) is 0 Å². The molecule has 1 saturated heterocycles. The van der Waals surface area contributed by atoms with E-state index in [1.54, 1.807) is 0 Å². The Morgan fingerprint density at radius 3 is 2.65 bits per heavy atom. The number of likely N-dealkylation sites (tertiary alicyclic amines) is 1. The Morgan fingerprint density at radius 2 is 1.95 bits per heavy atom. The smallest absolute Gasteiger partial charge is 0.317 e. The van der Waals surface area contributed by atoms with Crippen molar-refractivity contribution in [2.24, 2.45) is 11.8 Å². The highest BCUT2D eigenvalue weighted by atomic mass is 16.3. The van der Waals surface area contributed by atoms with E-state index in [1.807, 2.05) is 4.90 Å². The third kappa shape index (κ3) is 4.65. The van der Waals surface area contributed by atoms with E-state index in [2.05, 4.69) is 12.2 Å². The first-order valence-corrected chi connectivity index (χ1v) is 8.35. The minimum Gasteiger partial charge on any atom is -0.396 e. The SMILES string of the molecule is CC(CCC1CCCC1)NC(=O)N1CCCC(CO)C1. The van der Waals surface area contributed by atoms with Crippen LogP contribution in [0.4, 0.5) is 4.79 Å². The lowest BCUT2D eigenvalue weighted by Crippen LogP contribution is -2.48. The standard InChI is InChI=1S/C16H30N2O2/c1-13(8-9-14-5-2-3-6-14)17-16(20)18-10-4-7-15(11-18)12-19/h13-15,19H,2-12H2,1H3,(H,17,20). The molecule has 2 fully saturated rings. The molecule has 20 heavy (non-hydrogen) atoms. The molecule has 1 heterocycles. The van der Waals surface area contributed by atoms with E-state index < -0.39 is 0 Å². The van der Waals surface area contributed by atoms with E-state index in [9.17, 15) is 9.90 Å². The van der Waals surface area contributed by atoms with Gasteiger partial charge < -0.3 is 15.3 Å². The molecule has 1 aliphatic carbocycles. The second-order valence-electron chi connectivity index (χ2n) is 6.72. The van der Waals surface area contributed by atoms with Crippen molar-refractivity contribution < 1.29 is 9.90 Å². The number of piperidine rings is 1. The van der Waals surface area contributed by atoms with Crippen LogP contribution in [0.2, 0.25) is 0 Å². The van der Waals surface area contributed by atoms with Gasteiger partial charge in [-0.1, -0.05) is 25.7 Å². The first-order valence-electron chi connectivity index (χ1n) is 8.35. The Hall–Kier alpha value is -0.770. The number of aliphatic hydroxyl groups is 1. The van der Waals surface area contributed by atoms with Crippen LogP contribution in [0.3, 0.4) is 0 Å². The Kier molecular flexibility index (Phi) is 6.14. The summed E-state index contributed by atoms with van der Waals surface area (Å²) in [5.41, 5.74) is 0. The topological polar surface area (TPSA) is 52.6 Å². The monoisotopic (exact) mass is 282 g/mol. The van der Waals surface area contributed by atoms with Gasteiger partial charge in [-0.3, -0.25) is 0 Å². The van der Waals surface area contributed by atoms with Gasteiger partial charge in [-0.15, -0.1) is 0 Å². The van der Waals surface area contributed by atoms with Crippen LogP contribution in [-0.4, -0.2) is 41.8 Å². The molecular weight excluding hydrogens is 252 g/mol. The Balaban J connectivity index is 1.67. The van der Waals surface area contributed by atoms with Crippen molar-refractivity contribution in [1.82, 2.24) is 10.2 Å². The molecule has 0 aromatic carbocycles. The summed E-state index contributed by atoms with van der Waals surface area (Å²) in [6, 6.07) is 0.319. The Bertz CT molecular complexity index is 303.